The van der Waals surface area contributed by atoms with Crippen molar-refractivity contribution in [2.45, 2.75) is 169 Å². The molecule has 0 amide bonds. The monoisotopic (exact) mass is 747 g/mol. The van der Waals surface area contributed by atoms with Crippen LogP contribution >= 0.6 is 0 Å². The number of aliphatic hydroxyl groups is 2. The fourth-order valence-electron chi connectivity index (χ4n) is 17.3. The number of methoxy groups -OCH3 is 1. The van der Waals surface area contributed by atoms with Crippen molar-refractivity contribution in [1.82, 2.24) is 0 Å². The van der Waals surface area contributed by atoms with Gasteiger partial charge in [-0.1, -0.05) is 84.6 Å². The van der Waals surface area contributed by atoms with Gasteiger partial charge in [-0.05, 0) is 147 Å². The Hall–Kier alpha value is -1.47. The maximum atomic E-state index is 13.0. The Labute approximate surface area is 326 Å². The van der Waals surface area contributed by atoms with Crippen LogP contribution in [0.5, 0.6) is 0 Å². The summed E-state index contributed by atoms with van der Waals surface area (Å²) < 4.78 is 12.4. The maximum Gasteiger partial charge on any atom is 0.309 e. The van der Waals surface area contributed by atoms with Crippen molar-refractivity contribution in [2.24, 2.45) is 67.5 Å². The molecule has 3 N–H and O–H groups in total. The first-order valence-electron chi connectivity index (χ1n) is 22.4. The van der Waals surface area contributed by atoms with Gasteiger partial charge in [0, 0.05) is 30.3 Å². The number of rotatable bonds is 12. The lowest BCUT2D eigenvalue weighted by atomic mass is 9.22. The molecule has 1 saturated heterocycles. The smallest absolute Gasteiger partial charge is 0.309 e. The minimum Gasteiger partial charge on any atom is -0.481 e. The third kappa shape index (κ3) is 4.93. The highest BCUT2D eigenvalue weighted by Gasteiger charge is 2.85. The average Bonchev–Trinajstić information content (AvgIpc) is 3.27. The Balaban J connectivity index is 1.24. The number of hydrogen-bond donors (Lipinski definition) is 3. The third-order valence-electron chi connectivity index (χ3n) is 20.1. The third-order valence-corrected chi connectivity index (χ3v) is 20.1. The van der Waals surface area contributed by atoms with Crippen molar-refractivity contribution >= 4 is 5.97 Å². The van der Waals surface area contributed by atoms with Crippen LogP contribution in [0.1, 0.15) is 155 Å². The van der Waals surface area contributed by atoms with Gasteiger partial charge in [-0.2, -0.15) is 0 Å². The second-order valence-corrected chi connectivity index (χ2v) is 21.5. The highest BCUT2D eigenvalue weighted by Crippen LogP contribution is 2.87. The summed E-state index contributed by atoms with van der Waals surface area (Å²) in [6.07, 6.45) is 18.7. The van der Waals surface area contributed by atoms with Crippen molar-refractivity contribution in [1.29, 1.82) is 0 Å². The van der Waals surface area contributed by atoms with Crippen LogP contribution in [0.4, 0.5) is 0 Å². The number of carbonyl (C=O) groups is 1. The Morgan fingerprint density at radius 1 is 0.870 bits per heavy atom. The molecule has 7 fully saturated rings. The van der Waals surface area contributed by atoms with E-state index in [2.05, 4.69) is 65.8 Å². The predicted molar refractivity (Wildman–Crippen MR) is 213 cm³/mol. The molecule has 0 radical (unpaired) electrons. The molecule has 2 bridgehead atoms. The van der Waals surface area contributed by atoms with Crippen LogP contribution in [0.25, 0.3) is 0 Å². The molecular formula is C48H74O6. The van der Waals surface area contributed by atoms with Gasteiger partial charge in [0.15, 0.2) is 5.79 Å². The number of benzene rings is 1. The van der Waals surface area contributed by atoms with Crippen LogP contribution in [0.3, 0.4) is 0 Å². The molecule has 6 heteroatoms. The van der Waals surface area contributed by atoms with Crippen molar-refractivity contribution in [2.75, 3.05) is 20.3 Å². The number of carboxylic acids is 1. The fourth-order valence-corrected chi connectivity index (χ4v) is 17.3. The van der Waals surface area contributed by atoms with Crippen LogP contribution in [0.15, 0.2) is 24.3 Å². The molecule has 14 atom stereocenters. The topological polar surface area (TPSA) is 96.2 Å². The van der Waals surface area contributed by atoms with Gasteiger partial charge in [-0.3, -0.25) is 4.79 Å². The van der Waals surface area contributed by atoms with E-state index >= 15 is 0 Å². The van der Waals surface area contributed by atoms with Gasteiger partial charge in [0.25, 0.3) is 0 Å². The van der Waals surface area contributed by atoms with Crippen LogP contribution in [0, 0.1) is 67.5 Å². The van der Waals surface area contributed by atoms with Crippen molar-refractivity contribution < 1.29 is 29.6 Å². The van der Waals surface area contributed by atoms with Gasteiger partial charge >= 0.3 is 5.97 Å². The molecule has 302 valence electrons. The molecule has 7 aliphatic rings. The molecule has 6 nitrogen and oxygen atoms in total. The first-order chi connectivity index (χ1) is 25.6. The van der Waals surface area contributed by atoms with Gasteiger partial charge < -0.3 is 24.8 Å². The lowest BCUT2D eigenvalue weighted by molar-refractivity contribution is -0.358. The Kier molecular flexibility index (Phi) is 9.68. The standard InChI is InChI=1S/C48H74O6/c1-8-9-10-11-20-45-28-35-16-17-36-29-48(52)32(2)46(39(54-48)27-34-14-12-33(13-15-34)19-26-53-7)21-18-37(44(35,6)47(36,46)31-49)43(45,5)25-24-41(3)22-23-42(4,40(50)51)30-38(41)45/h12-15,32,35-39,49,52H,8-11,16-31H2,1-7H3,(H,50,51)/t32-,35+,36-,37-,38-,39+,41-,42-,43-,44-,45+,46-,47+,48+/m1/s1. The second kappa shape index (κ2) is 13.3. The van der Waals surface area contributed by atoms with E-state index in [1.165, 1.54) is 56.1 Å². The van der Waals surface area contributed by atoms with E-state index in [9.17, 15) is 20.1 Å². The Bertz CT molecular complexity index is 1580. The van der Waals surface area contributed by atoms with E-state index in [1.807, 2.05) is 0 Å². The summed E-state index contributed by atoms with van der Waals surface area (Å²) in [5.41, 5.74) is 1.39. The van der Waals surface area contributed by atoms with E-state index in [0.717, 1.165) is 64.2 Å². The zero-order valence-corrected chi connectivity index (χ0v) is 35.0. The highest BCUT2D eigenvalue weighted by atomic mass is 16.6. The summed E-state index contributed by atoms with van der Waals surface area (Å²) in [6.45, 7) is 15.4. The minimum absolute atomic E-state index is 0.0566. The lowest BCUT2D eigenvalue weighted by Gasteiger charge is -2.82. The van der Waals surface area contributed by atoms with Crippen molar-refractivity contribution in [3.8, 4) is 0 Å². The Morgan fingerprint density at radius 3 is 2.26 bits per heavy atom. The zero-order valence-electron chi connectivity index (χ0n) is 35.0. The second-order valence-electron chi connectivity index (χ2n) is 21.5. The molecule has 6 saturated carbocycles. The number of fused-ring (bicyclic) bond motifs is 5. The molecule has 6 aliphatic carbocycles. The van der Waals surface area contributed by atoms with E-state index < -0.39 is 17.2 Å². The highest BCUT2D eigenvalue weighted by molar-refractivity contribution is 5.74. The Morgan fingerprint density at radius 2 is 1.57 bits per heavy atom. The molecule has 8 rings (SSSR count). The molecule has 0 unspecified atom stereocenters. The number of unbranched alkanes of at least 4 members (excludes halogenated alkanes) is 3. The normalized spacial score (nSPS) is 50.2. The zero-order chi connectivity index (χ0) is 38.6. The van der Waals surface area contributed by atoms with Crippen molar-refractivity contribution in [3.63, 3.8) is 0 Å². The summed E-state index contributed by atoms with van der Waals surface area (Å²) in [7, 11) is 1.75. The van der Waals surface area contributed by atoms with Crippen molar-refractivity contribution in [3.05, 3.63) is 35.4 Å². The molecule has 0 aromatic heterocycles. The number of ether oxygens (including phenoxy) is 2. The number of aliphatic carboxylic acids is 1. The largest absolute Gasteiger partial charge is 0.481 e. The quantitative estimate of drug-likeness (QED) is 0.184. The van der Waals surface area contributed by atoms with Crippen LogP contribution in [0.2, 0.25) is 0 Å². The predicted octanol–water partition coefficient (Wildman–Crippen LogP) is 10.0. The molecule has 1 spiro atoms. The summed E-state index contributed by atoms with van der Waals surface area (Å²) in [6, 6.07) is 8.96. The summed E-state index contributed by atoms with van der Waals surface area (Å²) in [4.78, 5) is 13.0. The summed E-state index contributed by atoms with van der Waals surface area (Å²) in [5.74, 6) is -0.311. The van der Waals surface area contributed by atoms with Gasteiger partial charge in [0.1, 0.15) is 0 Å². The first-order valence-corrected chi connectivity index (χ1v) is 22.4. The molecule has 1 heterocycles. The summed E-state index contributed by atoms with van der Waals surface area (Å²) in [5, 5.41) is 35.6. The first kappa shape index (κ1) is 39.4. The SMILES string of the molecule is CCCCCC[C@@]12C[C@@H]3CC[C@@H]4C[C@]5(O)O[C@@H](Cc6ccc(CCOC)cc6)[C@@]6(CC[C@@H]([C@]3(C)[C@]46CO)[C@@]1(C)CC[C@@]1(C)CC[C@@](C)(C(=O)O)C[C@H]12)[C@H]5C. The summed E-state index contributed by atoms with van der Waals surface area (Å²) >= 11 is 0. The van der Waals surface area contributed by atoms with Crippen LogP contribution < -0.4 is 0 Å². The van der Waals surface area contributed by atoms with Gasteiger partial charge in [-0.15, -0.1) is 0 Å². The van der Waals surface area contributed by atoms with Gasteiger partial charge in [0.05, 0.1) is 24.7 Å². The minimum atomic E-state index is -1.17. The maximum absolute atomic E-state index is 13.0. The fraction of sp³-hybridized carbons (Fsp3) is 0.854. The average molecular weight is 747 g/mol. The van der Waals surface area contributed by atoms with E-state index in [1.54, 1.807) is 7.11 Å². The number of aliphatic hydroxyl groups excluding tert-OH is 1. The molecule has 1 aliphatic heterocycles. The molecule has 1 aromatic carbocycles. The van der Waals surface area contributed by atoms with Gasteiger partial charge in [-0.25, -0.2) is 0 Å². The molecular weight excluding hydrogens is 673 g/mol. The number of carboxylic acid groups (broad SMARTS) is 1. The number of hydrogen-bond acceptors (Lipinski definition) is 5. The van der Waals surface area contributed by atoms with Crippen LogP contribution in [-0.2, 0) is 27.1 Å². The molecule has 54 heavy (non-hydrogen) atoms. The van der Waals surface area contributed by atoms with E-state index in [4.69, 9.17) is 9.47 Å². The van der Waals surface area contributed by atoms with E-state index in [0.29, 0.717) is 30.8 Å². The lowest BCUT2D eigenvalue weighted by Crippen LogP contribution is -2.79. The van der Waals surface area contributed by atoms with Gasteiger partial charge in [0.2, 0.25) is 0 Å². The molecule has 1 aromatic rings. The van der Waals surface area contributed by atoms with Crippen LogP contribution in [-0.4, -0.2) is 53.5 Å². The van der Waals surface area contributed by atoms with E-state index in [-0.39, 0.29) is 57.0 Å².